The molecule has 5 heteroatoms. The van der Waals surface area contributed by atoms with Crippen LogP contribution in [0.2, 0.25) is 0 Å². The molecule has 21 heavy (non-hydrogen) atoms. The molecule has 1 N–H and O–H groups in total. The Morgan fingerprint density at radius 3 is 2.71 bits per heavy atom. The number of nitrogens with one attached hydrogen (secondary N) is 1. The molecule has 0 aliphatic rings. The monoisotopic (exact) mass is 383 g/mol. The summed E-state index contributed by atoms with van der Waals surface area (Å²) in [5, 5.41) is 4.64. The van der Waals surface area contributed by atoms with Gasteiger partial charge in [-0.05, 0) is 59.1 Å². The van der Waals surface area contributed by atoms with E-state index < -0.39 is 0 Å². The molecule has 0 saturated carbocycles. The summed E-state index contributed by atoms with van der Waals surface area (Å²) >= 11 is 7.10. The molecule has 0 spiro atoms. The number of hydrogen-bond acceptors (Lipinski definition) is 3. The maximum absolute atomic E-state index is 13.4. The number of halogens is 2. The predicted octanol–water partition coefficient (Wildman–Crippen LogP) is 5.87. The van der Waals surface area contributed by atoms with Gasteiger partial charge in [0.05, 0.1) is 6.04 Å². The maximum Gasteiger partial charge on any atom is 0.124 e. The van der Waals surface area contributed by atoms with Gasteiger partial charge in [0.1, 0.15) is 5.82 Å². The average Bonchev–Trinajstić information content (AvgIpc) is 2.98. The van der Waals surface area contributed by atoms with Crippen molar-refractivity contribution < 1.29 is 4.39 Å². The van der Waals surface area contributed by atoms with E-state index in [2.05, 4.69) is 47.2 Å². The lowest BCUT2D eigenvalue weighted by molar-refractivity contribution is 0.630. The van der Waals surface area contributed by atoms with Crippen molar-refractivity contribution in [1.82, 2.24) is 5.32 Å². The molecule has 1 aromatic carbocycles. The van der Waals surface area contributed by atoms with Crippen LogP contribution in [0.5, 0.6) is 0 Å². The van der Waals surface area contributed by atoms with Crippen molar-refractivity contribution in [1.29, 1.82) is 0 Å². The number of thiophene rings is 2. The smallest absolute Gasteiger partial charge is 0.124 e. The molecule has 3 rings (SSSR count). The Balaban J connectivity index is 2.08. The third-order valence-electron chi connectivity index (χ3n) is 3.29. The largest absolute Gasteiger partial charge is 0.305 e. The van der Waals surface area contributed by atoms with Gasteiger partial charge in [-0.1, -0.05) is 13.0 Å². The number of benzene rings is 1. The Morgan fingerprint density at radius 1 is 1.24 bits per heavy atom. The Bertz CT molecular complexity index is 778. The van der Waals surface area contributed by atoms with E-state index in [1.54, 1.807) is 28.7 Å². The van der Waals surface area contributed by atoms with Crippen molar-refractivity contribution in [2.45, 2.75) is 19.9 Å². The van der Waals surface area contributed by atoms with Crippen LogP contribution in [0.1, 0.15) is 27.6 Å². The molecule has 1 unspecified atom stereocenters. The summed E-state index contributed by atoms with van der Waals surface area (Å²) in [5.41, 5.74) is 0. The standard InChI is InChI=1S/C16H15BrFNS2/c1-3-19-15(16-12(17)6-9(2)20-16)14-7-10-4-5-11(18)8-13(10)21-14/h4-8,15,19H,3H2,1-2H3. The van der Waals surface area contributed by atoms with Gasteiger partial charge in [-0.25, -0.2) is 4.39 Å². The molecule has 3 aromatic rings. The van der Waals surface area contributed by atoms with Gasteiger partial charge >= 0.3 is 0 Å². The molecule has 110 valence electrons. The Kier molecular flexibility index (Phi) is 4.45. The van der Waals surface area contributed by atoms with E-state index in [4.69, 9.17) is 0 Å². The summed E-state index contributed by atoms with van der Waals surface area (Å²) in [6, 6.07) is 9.45. The lowest BCUT2D eigenvalue weighted by Gasteiger charge is -2.15. The SMILES string of the molecule is CCNC(c1cc2ccc(F)cc2s1)c1sc(C)cc1Br. The molecule has 0 amide bonds. The van der Waals surface area contributed by atoms with Gasteiger partial charge in [0, 0.05) is 23.8 Å². The maximum atomic E-state index is 13.4. The first-order chi connectivity index (χ1) is 10.1. The lowest BCUT2D eigenvalue weighted by atomic mass is 10.1. The summed E-state index contributed by atoms with van der Waals surface area (Å²) in [4.78, 5) is 3.79. The van der Waals surface area contributed by atoms with Crippen LogP contribution in [0.15, 0.2) is 34.8 Å². The van der Waals surface area contributed by atoms with E-state index in [1.807, 2.05) is 6.07 Å². The minimum Gasteiger partial charge on any atom is -0.305 e. The van der Waals surface area contributed by atoms with E-state index in [0.29, 0.717) is 0 Å². The number of fused-ring (bicyclic) bond motifs is 1. The highest BCUT2D eigenvalue weighted by Crippen LogP contribution is 2.39. The molecule has 0 fully saturated rings. The molecule has 0 aliphatic carbocycles. The zero-order chi connectivity index (χ0) is 15.0. The molecule has 1 nitrogen and oxygen atoms in total. The van der Waals surface area contributed by atoms with Gasteiger partial charge in [-0.3, -0.25) is 0 Å². The first kappa shape index (κ1) is 15.2. The summed E-state index contributed by atoms with van der Waals surface area (Å²) < 4.78 is 15.5. The van der Waals surface area contributed by atoms with Crippen LogP contribution >= 0.6 is 38.6 Å². The third kappa shape index (κ3) is 3.06. The fourth-order valence-electron chi connectivity index (χ4n) is 2.39. The highest BCUT2D eigenvalue weighted by atomic mass is 79.9. The highest BCUT2D eigenvalue weighted by Gasteiger charge is 2.20. The zero-order valence-corrected chi connectivity index (χ0v) is 15.0. The van der Waals surface area contributed by atoms with Crippen LogP contribution in [0.4, 0.5) is 4.39 Å². The van der Waals surface area contributed by atoms with Crippen molar-refractivity contribution in [3.05, 3.63) is 55.3 Å². The van der Waals surface area contributed by atoms with Gasteiger partial charge in [0.15, 0.2) is 0 Å². The second-order valence-corrected chi connectivity index (χ2v) is 8.15. The van der Waals surface area contributed by atoms with Crippen molar-refractivity contribution in [2.75, 3.05) is 6.54 Å². The van der Waals surface area contributed by atoms with Crippen LogP contribution in [0, 0.1) is 12.7 Å². The van der Waals surface area contributed by atoms with Gasteiger partial charge in [0.25, 0.3) is 0 Å². The molecule has 0 radical (unpaired) electrons. The first-order valence-electron chi connectivity index (χ1n) is 6.76. The average molecular weight is 384 g/mol. The second kappa shape index (κ2) is 6.16. The number of aryl methyl sites for hydroxylation is 1. The molecular formula is C16H15BrFNS2. The molecular weight excluding hydrogens is 369 g/mol. The Morgan fingerprint density at radius 2 is 2.05 bits per heavy atom. The quantitative estimate of drug-likeness (QED) is 0.593. The summed E-state index contributed by atoms with van der Waals surface area (Å²) in [5.74, 6) is -0.177. The van der Waals surface area contributed by atoms with Crippen LogP contribution in [0.25, 0.3) is 10.1 Å². The van der Waals surface area contributed by atoms with E-state index in [1.165, 1.54) is 20.7 Å². The van der Waals surface area contributed by atoms with Crippen molar-refractivity contribution in [2.24, 2.45) is 0 Å². The predicted molar refractivity (Wildman–Crippen MR) is 94.1 cm³/mol. The van der Waals surface area contributed by atoms with E-state index in [-0.39, 0.29) is 11.9 Å². The van der Waals surface area contributed by atoms with Gasteiger partial charge in [-0.15, -0.1) is 22.7 Å². The van der Waals surface area contributed by atoms with Crippen molar-refractivity contribution in [3.8, 4) is 0 Å². The summed E-state index contributed by atoms with van der Waals surface area (Å²) in [7, 11) is 0. The van der Waals surface area contributed by atoms with E-state index >= 15 is 0 Å². The zero-order valence-electron chi connectivity index (χ0n) is 11.7. The first-order valence-corrected chi connectivity index (χ1v) is 9.19. The summed E-state index contributed by atoms with van der Waals surface area (Å²) in [6.45, 7) is 5.10. The number of rotatable bonds is 4. The van der Waals surface area contributed by atoms with E-state index in [9.17, 15) is 4.39 Å². The fraction of sp³-hybridized carbons (Fsp3) is 0.250. The molecule has 2 aromatic heterocycles. The molecule has 0 saturated heterocycles. The normalized spacial score (nSPS) is 13.0. The van der Waals surface area contributed by atoms with Crippen molar-refractivity contribution >= 4 is 48.7 Å². The Labute approximate surface area is 139 Å². The molecule has 1 atom stereocenters. The lowest BCUT2D eigenvalue weighted by Crippen LogP contribution is -2.20. The Hall–Kier alpha value is -0.750. The molecule has 0 bridgehead atoms. The minimum absolute atomic E-state index is 0.156. The van der Waals surface area contributed by atoms with Crippen LogP contribution in [-0.4, -0.2) is 6.54 Å². The van der Waals surface area contributed by atoms with Crippen LogP contribution < -0.4 is 5.32 Å². The van der Waals surface area contributed by atoms with Crippen LogP contribution in [-0.2, 0) is 0 Å². The minimum atomic E-state index is -0.177. The van der Waals surface area contributed by atoms with Gasteiger partial charge < -0.3 is 5.32 Å². The van der Waals surface area contributed by atoms with Gasteiger partial charge in [-0.2, -0.15) is 0 Å². The molecule has 0 aliphatic heterocycles. The highest BCUT2D eigenvalue weighted by molar-refractivity contribution is 9.10. The van der Waals surface area contributed by atoms with Crippen molar-refractivity contribution in [3.63, 3.8) is 0 Å². The van der Waals surface area contributed by atoms with Crippen LogP contribution in [0.3, 0.4) is 0 Å². The van der Waals surface area contributed by atoms with E-state index in [0.717, 1.165) is 21.1 Å². The fourth-order valence-corrected chi connectivity index (χ4v) is 5.62. The second-order valence-electron chi connectivity index (χ2n) is 4.89. The van der Waals surface area contributed by atoms with Gasteiger partial charge in [0.2, 0.25) is 0 Å². The topological polar surface area (TPSA) is 12.0 Å². The third-order valence-corrected chi connectivity index (χ3v) is 6.49. The number of hydrogen-bond donors (Lipinski definition) is 1. The molecule has 2 heterocycles. The summed E-state index contributed by atoms with van der Waals surface area (Å²) in [6.07, 6.45) is 0.